The highest BCUT2D eigenvalue weighted by atomic mass is 32.1. The number of hydrogen-bond donors (Lipinski definition) is 1. The lowest BCUT2D eigenvalue weighted by Gasteiger charge is -2.00. The number of thiazole rings is 1. The Balaban J connectivity index is 1.98. The van der Waals surface area contributed by atoms with Crippen LogP contribution in [0.25, 0.3) is 0 Å². The van der Waals surface area contributed by atoms with Crippen molar-refractivity contribution in [3.8, 4) is 0 Å². The molecule has 0 saturated carbocycles. The molecule has 0 amide bonds. The van der Waals surface area contributed by atoms with Crippen LogP contribution in [0.15, 0.2) is 24.1 Å². The minimum atomic E-state index is -0.535. The van der Waals surface area contributed by atoms with Crippen LogP contribution in [0.4, 0.5) is 11.6 Å². The molecule has 0 atom stereocenters. The summed E-state index contributed by atoms with van der Waals surface area (Å²) in [5.41, 5.74) is 1.61. The van der Waals surface area contributed by atoms with Gasteiger partial charge >= 0.3 is 5.69 Å². The molecule has 2 heterocycles. The first-order valence-corrected chi connectivity index (χ1v) is 5.21. The van der Waals surface area contributed by atoms with E-state index in [1.54, 1.807) is 11.7 Å². The molecule has 2 aromatic rings. The van der Waals surface area contributed by atoms with Gasteiger partial charge in [0.2, 0.25) is 5.95 Å². The van der Waals surface area contributed by atoms with Crippen molar-refractivity contribution >= 4 is 23.0 Å². The van der Waals surface area contributed by atoms with Crippen molar-refractivity contribution in [3.05, 3.63) is 39.1 Å². The van der Waals surface area contributed by atoms with Crippen molar-refractivity contribution in [1.29, 1.82) is 0 Å². The molecule has 0 unspecified atom stereocenters. The molecule has 2 aromatic heterocycles. The van der Waals surface area contributed by atoms with Crippen molar-refractivity contribution in [2.75, 3.05) is 5.32 Å². The molecule has 7 nitrogen and oxygen atoms in total. The van der Waals surface area contributed by atoms with Gasteiger partial charge in [0.15, 0.2) is 0 Å². The monoisotopic (exact) mass is 237 g/mol. The van der Waals surface area contributed by atoms with Crippen LogP contribution in [-0.4, -0.2) is 19.9 Å². The van der Waals surface area contributed by atoms with E-state index in [0.29, 0.717) is 12.5 Å². The molecule has 82 valence electrons. The van der Waals surface area contributed by atoms with Gasteiger partial charge in [0.05, 0.1) is 17.0 Å². The molecule has 1 N–H and O–H groups in total. The zero-order valence-electron chi connectivity index (χ0n) is 8.03. The topological polar surface area (TPSA) is 93.8 Å². The van der Waals surface area contributed by atoms with E-state index in [-0.39, 0.29) is 5.69 Å². The summed E-state index contributed by atoms with van der Waals surface area (Å²) >= 11 is 1.51. The third-order valence-electron chi connectivity index (χ3n) is 1.75. The summed E-state index contributed by atoms with van der Waals surface area (Å²) in [4.78, 5) is 22.4. The standard InChI is InChI=1S/C8H7N5O2S/c14-13(15)6-1-10-8(11-2-6)12-4-7-3-9-5-16-7/h1-3,5H,4H2,(H,10,11,12). The molecule has 16 heavy (non-hydrogen) atoms. The van der Waals surface area contributed by atoms with Crippen LogP contribution in [0, 0.1) is 10.1 Å². The Kier molecular flexibility index (Phi) is 3.01. The molecule has 0 saturated heterocycles. The molecular formula is C8H7N5O2S. The van der Waals surface area contributed by atoms with E-state index < -0.39 is 4.92 Å². The number of anilines is 1. The van der Waals surface area contributed by atoms with Crippen LogP contribution in [0.5, 0.6) is 0 Å². The molecule has 0 aliphatic heterocycles. The second-order valence-corrected chi connectivity index (χ2v) is 3.81. The summed E-state index contributed by atoms with van der Waals surface area (Å²) in [5.74, 6) is 0.360. The fraction of sp³-hybridized carbons (Fsp3) is 0.125. The number of hydrogen-bond acceptors (Lipinski definition) is 7. The number of nitrogens with one attached hydrogen (secondary N) is 1. The molecule has 8 heteroatoms. The van der Waals surface area contributed by atoms with Gasteiger partial charge in [0.25, 0.3) is 0 Å². The molecule has 0 radical (unpaired) electrons. The molecule has 0 spiro atoms. The van der Waals surface area contributed by atoms with Gasteiger partial charge in [-0.05, 0) is 0 Å². The van der Waals surface area contributed by atoms with Gasteiger partial charge < -0.3 is 5.32 Å². The molecule has 2 rings (SSSR count). The summed E-state index contributed by atoms with van der Waals surface area (Å²) < 4.78 is 0. The van der Waals surface area contributed by atoms with Gasteiger partial charge in [-0.15, -0.1) is 11.3 Å². The van der Waals surface area contributed by atoms with Crippen molar-refractivity contribution in [2.24, 2.45) is 0 Å². The summed E-state index contributed by atoms with van der Waals surface area (Å²) in [7, 11) is 0. The number of nitrogens with zero attached hydrogens (tertiary/aromatic N) is 4. The Labute approximate surface area is 94.4 Å². The van der Waals surface area contributed by atoms with E-state index in [0.717, 1.165) is 4.88 Å². The van der Waals surface area contributed by atoms with Crippen LogP contribution < -0.4 is 5.32 Å². The molecule has 0 bridgehead atoms. The Bertz CT molecular complexity index is 470. The quantitative estimate of drug-likeness (QED) is 0.639. The average Bonchev–Trinajstić information content (AvgIpc) is 2.80. The van der Waals surface area contributed by atoms with Crippen LogP contribution >= 0.6 is 11.3 Å². The highest BCUT2D eigenvalue weighted by Gasteiger charge is 2.06. The predicted molar refractivity (Wildman–Crippen MR) is 58.1 cm³/mol. The van der Waals surface area contributed by atoms with Crippen LogP contribution in [0.2, 0.25) is 0 Å². The smallest absolute Gasteiger partial charge is 0.305 e. The first-order valence-electron chi connectivity index (χ1n) is 4.33. The second-order valence-electron chi connectivity index (χ2n) is 2.84. The van der Waals surface area contributed by atoms with Crippen LogP contribution in [0.3, 0.4) is 0 Å². The van der Waals surface area contributed by atoms with Gasteiger partial charge in [0, 0.05) is 11.1 Å². The van der Waals surface area contributed by atoms with Crippen LogP contribution in [-0.2, 0) is 6.54 Å². The molecule has 0 aromatic carbocycles. The minimum Gasteiger partial charge on any atom is -0.349 e. The average molecular weight is 237 g/mol. The van der Waals surface area contributed by atoms with Gasteiger partial charge in [-0.25, -0.2) is 9.97 Å². The Hall–Kier alpha value is -2.09. The van der Waals surface area contributed by atoms with Crippen molar-refractivity contribution < 1.29 is 4.92 Å². The zero-order valence-corrected chi connectivity index (χ0v) is 8.85. The maximum Gasteiger partial charge on any atom is 0.305 e. The van der Waals surface area contributed by atoms with Gasteiger partial charge in [-0.2, -0.15) is 0 Å². The van der Waals surface area contributed by atoms with Crippen molar-refractivity contribution in [3.63, 3.8) is 0 Å². The van der Waals surface area contributed by atoms with E-state index in [9.17, 15) is 10.1 Å². The number of rotatable bonds is 4. The van der Waals surface area contributed by atoms with Gasteiger partial charge in [-0.3, -0.25) is 15.1 Å². The van der Waals surface area contributed by atoms with Crippen molar-refractivity contribution in [1.82, 2.24) is 15.0 Å². The lowest BCUT2D eigenvalue weighted by Crippen LogP contribution is -2.02. The number of aromatic nitrogens is 3. The lowest BCUT2D eigenvalue weighted by molar-refractivity contribution is -0.385. The van der Waals surface area contributed by atoms with E-state index in [1.165, 1.54) is 23.7 Å². The Morgan fingerprint density at radius 1 is 1.38 bits per heavy atom. The molecule has 0 fully saturated rings. The highest BCUT2D eigenvalue weighted by molar-refractivity contribution is 7.09. The predicted octanol–water partition coefficient (Wildman–Crippen LogP) is 1.45. The minimum absolute atomic E-state index is 0.122. The van der Waals surface area contributed by atoms with Crippen molar-refractivity contribution in [2.45, 2.75) is 6.54 Å². The maximum absolute atomic E-state index is 10.4. The third kappa shape index (κ3) is 2.48. The van der Waals surface area contributed by atoms with E-state index >= 15 is 0 Å². The van der Waals surface area contributed by atoms with E-state index in [1.807, 2.05) is 0 Å². The fourth-order valence-corrected chi connectivity index (χ4v) is 1.54. The summed E-state index contributed by atoms with van der Waals surface area (Å²) in [5, 5.41) is 13.3. The third-order valence-corrected chi connectivity index (χ3v) is 2.53. The molecule has 0 aliphatic rings. The molecule has 0 aliphatic carbocycles. The highest BCUT2D eigenvalue weighted by Crippen LogP contribution is 2.10. The normalized spacial score (nSPS) is 10.0. The first kappa shape index (κ1) is 10.4. The summed E-state index contributed by atoms with van der Waals surface area (Å²) in [6, 6.07) is 0. The first-order chi connectivity index (χ1) is 7.75. The van der Waals surface area contributed by atoms with Gasteiger partial charge in [0.1, 0.15) is 12.4 Å². The largest absolute Gasteiger partial charge is 0.349 e. The summed E-state index contributed by atoms with van der Waals surface area (Å²) in [6.45, 7) is 0.558. The second kappa shape index (κ2) is 4.62. The Morgan fingerprint density at radius 2 is 2.12 bits per heavy atom. The Morgan fingerprint density at radius 3 is 2.69 bits per heavy atom. The van der Waals surface area contributed by atoms with Gasteiger partial charge in [-0.1, -0.05) is 0 Å². The van der Waals surface area contributed by atoms with Crippen LogP contribution in [0.1, 0.15) is 4.88 Å². The number of nitro groups is 1. The maximum atomic E-state index is 10.4. The summed E-state index contributed by atoms with van der Waals surface area (Å²) in [6.07, 6.45) is 4.08. The zero-order chi connectivity index (χ0) is 11.4. The fourth-order valence-electron chi connectivity index (χ4n) is 1.00. The van der Waals surface area contributed by atoms with E-state index in [4.69, 9.17) is 0 Å². The SMILES string of the molecule is O=[N+]([O-])c1cnc(NCc2cncs2)nc1. The van der Waals surface area contributed by atoms with E-state index in [2.05, 4.69) is 20.3 Å². The lowest BCUT2D eigenvalue weighted by atomic mass is 10.5. The molecular weight excluding hydrogens is 230 g/mol.